The number of ether oxygens (including phenoxy) is 2. The van der Waals surface area contributed by atoms with E-state index in [1.165, 1.54) is 11.3 Å². The maximum atomic E-state index is 12.8. The molecule has 0 aliphatic heterocycles. The number of carbonyl (C=O) groups is 1. The molecule has 8 nitrogen and oxygen atoms in total. The molecular weight excluding hydrogens is 464 g/mol. The van der Waals surface area contributed by atoms with Gasteiger partial charge in [-0.05, 0) is 54.6 Å². The van der Waals surface area contributed by atoms with Crippen molar-refractivity contribution in [2.24, 2.45) is 0 Å². The second-order valence-corrected chi connectivity index (χ2v) is 8.27. The number of methoxy groups -OCH3 is 2. The van der Waals surface area contributed by atoms with Crippen molar-refractivity contribution in [2.45, 2.75) is 0 Å². The third kappa shape index (κ3) is 4.75. The van der Waals surface area contributed by atoms with Gasteiger partial charge in [-0.3, -0.25) is 10.1 Å². The van der Waals surface area contributed by atoms with Crippen molar-refractivity contribution in [1.82, 2.24) is 15.2 Å². The number of nitrogens with zero attached hydrogens (tertiary/aromatic N) is 3. The molecule has 0 bridgehead atoms. The topological polar surface area (TPSA) is 99.4 Å². The molecule has 0 radical (unpaired) electrons. The van der Waals surface area contributed by atoms with E-state index < -0.39 is 0 Å². The lowest BCUT2D eigenvalue weighted by atomic mass is 10.1. The van der Waals surface area contributed by atoms with Crippen LogP contribution in [-0.4, -0.2) is 35.3 Å². The van der Waals surface area contributed by atoms with E-state index in [4.69, 9.17) is 13.9 Å². The molecule has 0 saturated carbocycles. The highest BCUT2D eigenvalue weighted by molar-refractivity contribution is 7.14. The summed E-state index contributed by atoms with van der Waals surface area (Å²) in [5.41, 5.74) is 3.51. The Hall–Kier alpha value is -4.50. The van der Waals surface area contributed by atoms with Gasteiger partial charge in [0.1, 0.15) is 11.5 Å². The summed E-state index contributed by atoms with van der Waals surface area (Å²) >= 11 is 1.33. The minimum Gasteiger partial charge on any atom is -0.497 e. The molecular formula is C26H20N4O4S. The quantitative estimate of drug-likeness (QED) is 0.312. The van der Waals surface area contributed by atoms with E-state index in [-0.39, 0.29) is 5.91 Å². The van der Waals surface area contributed by atoms with Crippen LogP contribution in [0.25, 0.3) is 34.2 Å². The fourth-order valence-corrected chi connectivity index (χ4v) is 4.15. The Morgan fingerprint density at radius 1 is 0.886 bits per heavy atom. The minimum atomic E-state index is -0.273. The molecule has 2 heterocycles. The van der Waals surface area contributed by atoms with Crippen LogP contribution >= 0.6 is 11.3 Å². The van der Waals surface area contributed by atoms with Gasteiger partial charge >= 0.3 is 0 Å². The van der Waals surface area contributed by atoms with Crippen LogP contribution in [0.5, 0.6) is 11.5 Å². The molecule has 0 saturated heterocycles. The first-order valence-electron chi connectivity index (χ1n) is 10.6. The average molecular weight is 485 g/mol. The second kappa shape index (κ2) is 9.78. The van der Waals surface area contributed by atoms with Gasteiger partial charge in [-0.1, -0.05) is 18.2 Å². The van der Waals surface area contributed by atoms with E-state index in [2.05, 4.69) is 20.5 Å². The zero-order valence-electron chi connectivity index (χ0n) is 18.9. The number of carbonyl (C=O) groups excluding carboxylic acids is 1. The van der Waals surface area contributed by atoms with E-state index in [0.717, 1.165) is 16.7 Å². The second-order valence-electron chi connectivity index (χ2n) is 7.41. The molecule has 174 valence electrons. The predicted octanol–water partition coefficient (Wildman–Crippen LogP) is 5.80. The zero-order chi connectivity index (χ0) is 24.2. The lowest BCUT2D eigenvalue weighted by Crippen LogP contribution is -2.11. The largest absolute Gasteiger partial charge is 0.497 e. The van der Waals surface area contributed by atoms with Crippen molar-refractivity contribution in [3.63, 3.8) is 0 Å². The molecule has 1 N–H and O–H groups in total. The molecule has 35 heavy (non-hydrogen) atoms. The average Bonchev–Trinajstić information content (AvgIpc) is 3.59. The third-order valence-electron chi connectivity index (χ3n) is 5.25. The molecule has 0 fully saturated rings. The maximum Gasteiger partial charge on any atom is 0.257 e. The van der Waals surface area contributed by atoms with Crippen LogP contribution < -0.4 is 14.8 Å². The number of nitrogens with one attached hydrogen (secondary N) is 1. The van der Waals surface area contributed by atoms with Crippen molar-refractivity contribution in [1.29, 1.82) is 0 Å². The Labute approximate surface area is 205 Å². The lowest BCUT2D eigenvalue weighted by molar-refractivity contribution is 0.102. The number of rotatable bonds is 7. The smallest absolute Gasteiger partial charge is 0.257 e. The van der Waals surface area contributed by atoms with Crippen LogP contribution in [0.3, 0.4) is 0 Å². The predicted molar refractivity (Wildman–Crippen MR) is 134 cm³/mol. The van der Waals surface area contributed by atoms with Crippen LogP contribution in [0.2, 0.25) is 0 Å². The Balaban J connectivity index is 1.30. The van der Waals surface area contributed by atoms with E-state index in [1.807, 2.05) is 53.9 Å². The molecule has 0 aliphatic carbocycles. The fourth-order valence-electron chi connectivity index (χ4n) is 3.44. The summed E-state index contributed by atoms with van der Waals surface area (Å²) in [5, 5.41) is 13.4. The highest BCUT2D eigenvalue weighted by atomic mass is 32.1. The van der Waals surface area contributed by atoms with Crippen molar-refractivity contribution < 1.29 is 18.7 Å². The summed E-state index contributed by atoms with van der Waals surface area (Å²) in [6, 6.07) is 22.0. The number of anilines is 1. The van der Waals surface area contributed by atoms with Gasteiger partial charge in [-0.2, -0.15) is 0 Å². The lowest BCUT2D eigenvalue weighted by Gasteiger charge is -2.08. The van der Waals surface area contributed by atoms with Gasteiger partial charge in [0.25, 0.3) is 5.91 Å². The van der Waals surface area contributed by atoms with Crippen LogP contribution in [0.15, 0.2) is 82.6 Å². The van der Waals surface area contributed by atoms with Crippen molar-refractivity contribution in [3.8, 4) is 45.7 Å². The number of aromatic nitrogens is 3. The molecule has 5 rings (SSSR count). The molecule has 0 unspecified atom stereocenters. The SMILES string of the molecule is COc1ccc(OC)c(-c2csc(NC(=O)c3ccc(-c4nnc(-c5ccccc5)o4)cc3)n2)c1. The van der Waals surface area contributed by atoms with E-state index in [9.17, 15) is 4.79 Å². The highest BCUT2D eigenvalue weighted by Crippen LogP contribution is 2.35. The van der Waals surface area contributed by atoms with Gasteiger partial charge in [0.05, 0.1) is 19.9 Å². The van der Waals surface area contributed by atoms with Gasteiger partial charge in [0.2, 0.25) is 11.8 Å². The number of benzene rings is 3. The molecule has 0 spiro atoms. The molecule has 3 aromatic carbocycles. The monoisotopic (exact) mass is 484 g/mol. The Kier molecular flexibility index (Phi) is 6.23. The Bertz CT molecular complexity index is 1460. The summed E-state index contributed by atoms with van der Waals surface area (Å²) in [6.07, 6.45) is 0. The zero-order valence-corrected chi connectivity index (χ0v) is 19.7. The molecule has 1 amide bonds. The van der Waals surface area contributed by atoms with Gasteiger partial charge in [0.15, 0.2) is 5.13 Å². The molecule has 0 aliphatic rings. The summed E-state index contributed by atoms with van der Waals surface area (Å²) in [6.45, 7) is 0. The first-order valence-corrected chi connectivity index (χ1v) is 11.5. The van der Waals surface area contributed by atoms with Gasteiger partial charge in [-0.25, -0.2) is 4.98 Å². The van der Waals surface area contributed by atoms with Crippen LogP contribution in [0.1, 0.15) is 10.4 Å². The van der Waals surface area contributed by atoms with Crippen LogP contribution in [-0.2, 0) is 0 Å². The number of thiazole rings is 1. The van der Waals surface area contributed by atoms with Gasteiger partial charge in [-0.15, -0.1) is 21.5 Å². The Morgan fingerprint density at radius 3 is 2.29 bits per heavy atom. The number of hydrogen-bond donors (Lipinski definition) is 1. The highest BCUT2D eigenvalue weighted by Gasteiger charge is 2.15. The summed E-state index contributed by atoms with van der Waals surface area (Å²) in [4.78, 5) is 17.3. The third-order valence-corrected chi connectivity index (χ3v) is 6.00. The van der Waals surface area contributed by atoms with Crippen LogP contribution in [0, 0.1) is 0 Å². The summed E-state index contributed by atoms with van der Waals surface area (Å²) < 4.78 is 16.5. The normalized spacial score (nSPS) is 10.7. The molecule has 5 aromatic rings. The number of hydrogen-bond acceptors (Lipinski definition) is 8. The van der Waals surface area contributed by atoms with E-state index in [1.54, 1.807) is 38.5 Å². The first-order chi connectivity index (χ1) is 17.1. The first kappa shape index (κ1) is 22.3. The van der Waals surface area contributed by atoms with Gasteiger partial charge in [0, 0.05) is 27.6 Å². The van der Waals surface area contributed by atoms with E-state index >= 15 is 0 Å². The molecule has 2 aromatic heterocycles. The van der Waals surface area contributed by atoms with Crippen molar-refractivity contribution in [3.05, 3.63) is 83.7 Å². The minimum absolute atomic E-state index is 0.273. The maximum absolute atomic E-state index is 12.8. The van der Waals surface area contributed by atoms with E-state index in [0.29, 0.717) is 39.7 Å². The van der Waals surface area contributed by atoms with Gasteiger partial charge < -0.3 is 13.9 Å². The summed E-state index contributed by atoms with van der Waals surface area (Å²) in [5.74, 6) is 1.91. The number of amides is 1. The van der Waals surface area contributed by atoms with Crippen molar-refractivity contribution in [2.75, 3.05) is 19.5 Å². The molecule has 9 heteroatoms. The van der Waals surface area contributed by atoms with Crippen molar-refractivity contribution >= 4 is 22.4 Å². The summed E-state index contributed by atoms with van der Waals surface area (Å²) in [7, 11) is 3.20. The standard InChI is InChI=1S/C26H20N4O4S/c1-32-19-12-13-22(33-2)20(14-19)21-15-35-26(27-21)28-23(31)16-8-10-18(11-9-16)25-30-29-24(34-25)17-6-4-3-5-7-17/h3-15H,1-2H3,(H,27,28,31). The van der Waals surface area contributed by atoms with Crippen LogP contribution in [0.4, 0.5) is 5.13 Å². The fraction of sp³-hybridized carbons (Fsp3) is 0.0769. The Morgan fingerprint density at radius 2 is 1.60 bits per heavy atom. The molecule has 0 atom stereocenters.